The topological polar surface area (TPSA) is 17.1 Å². The van der Waals surface area contributed by atoms with Gasteiger partial charge in [0, 0.05) is 22.1 Å². The Hall–Kier alpha value is -2.12. The first-order chi connectivity index (χ1) is 11.0. The van der Waals surface area contributed by atoms with Crippen LogP contribution in [0.15, 0.2) is 65.8 Å². The number of hydrogen-bond acceptors (Lipinski definition) is 1. The highest BCUT2D eigenvalue weighted by atomic mass is 35.5. The molecule has 3 rings (SSSR count). The van der Waals surface area contributed by atoms with Crippen molar-refractivity contribution in [3.8, 4) is 0 Å². The Morgan fingerprint density at radius 1 is 1.04 bits per heavy atom. The van der Waals surface area contributed by atoms with Crippen LogP contribution < -0.4 is 0 Å². The molecule has 2 heteroatoms. The van der Waals surface area contributed by atoms with Gasteiger partial charge in [-0.2, -0.15) is 0 Å². The highest BCUT2D eigenvalue weighted by Crippen LogP contribution is 2.40. The predicted molar refractivity (Wildman–Crippen MR) is 96.8 cm³/mol. The smallest absolute Gasteiger partial charge is 0.193 e. The minimum Gasteiger partial charge on any atom is -0.289 e. The standard InChI is InChI=1S/C21H19ClO/c1-13-11-14(2)20(15(13)3)18-10-9-17(22)12-19(18)21(23)16-7-5-4-6-8-16/h4-12,15H,1-3H3. The van der Waals surface area contributed by atoms with Crippen molar-refractivity contribution >= 4 is 23.0 Å². The van der Waals surface area contributed by atoms with Crippen molar-refractivity contribution in [3.63, 3.8) is 0 Å². The van der Waals surface area contributed by atoms with Crippen LogP contribution in [0.5, 0.6) is 0 Å². The van der Waals surface area contributed by atoms with Gasteiger partial charge in [0.2, 0.25) is 0 Å². The highest BCUT2D eigenvalue weighted by Gasteiger charge is 2.25. The minimum atomic E-state index is 0.0140. The van der Waals surface area contributed by atoms with Gasteiger partial charge in [-0.25, -0.2) is 0 Å². The first kappa shape index (κ1) is 15.8. The van der Waals surface area contributed by atoms with Gasteiger partial charge in [0.05, 0.1) is 0 Å². The van der Waals surface area contributed by atoms with E-state index in [2.05, 4.69) is 26.8 Å². The van der Waals surface area contributed by atoms with Gasteiger partial charge < -0.3 is 0 Å². The maximum atomic E-state index is 13.0. The van der Waals surface area contributed by atoms with E-state index in [9.17, 15) is 4.79 Å². The number of benzene rings is 2. The molecular weight excluding hydrogens is 304 g/mol. The number of hydrogen-bond donors (Lipinski definition) is 0. The molecular formula is C21H19ClO. The molecule has 2 aromatic carbocycles. The molecule has 23 heavy (non-hydrogen) atoms. The summed E-state index contributed by atoms with van der Waals surface area (Å²) in [5.41, 5.74) is 6.11. The van der Waals surface area contributed by atoms with Gasteiger partial charge in [0.1, 0.15) is 0 Å². The summed E-state index contributed by atoms with van der Waals surface area (Å²) in [5, 5.41) is 0.585. The number of carbonyl (C=O) groups excluding carboxylic acids is 1. The quantitative estimate of drug-likeness (QED) is 0.639. The summed E-state index contributed by atoms with van der Waals surface area (Å²) in [5.74, 6) is 0.332. The Morgan fingerprint density at radius 2 is 1.74 bits per heavy atom. The van der Waals surface area contributed by atoms with Gasteiger partial charge in [-0.05, 0) is 42.7 Å². The van der Waals surface area contributed by atoms with Crippen LogP contribution in [0.25, 0.3) is 5.57 Å². The van der Waals surface area contributed by atoms with Gasteiger partial charge in [0.25, 0.3) is 0 Å². The molecule has 1 aliphatic rings. The molecule has 0 aromatic heterocycles. The summed E-state index contributed by atoms with van der Waals surface area (Å²) in [4.78, 5) is 13.0. The van der Waals surface area contributed by atoms with Crippen molar-refractivity contribution in [3.05, 3.63) is 87.5 Å². The van der Waals surface area contributed by atoms with Crippen LogP contribution >= 0.6 is 11.6 Å². The van der Waals surface area contributed by atoms with E-state index in [0.29, 0.717) is 22.1 Å². The molecule has 1 atom stereocenters. The summed E-state index contributed by atoms with van der Waals surface area (Å²) in [7, 11) is 0. The Kier molecular flexibility index (Phi) is 4.23. The van der Waals surface area contributed by atoms with E-state index in [1.165, 1.54) is 16.7 Å². The molecule has 0 fully saturated rings. The molecule has 116 valence electrons. The van der Waals surface area contributed by atoms with Crippen molar-refractivity contribution in [2.45, 2.75) is 20.8 Å². The maximum absolute atomic E-state index is 13.0. The lowest BCUT2D eigenvalue weighted by Crippen LogP contribution is -2.08. The number of carbonyl (C=O) groups is 1. The molecule has 0 radical (unpaired) electrons. The van der Waals surface area contributed by atoms with E-state index in [0.717, 1.165) is 5.56 Å². The zero-order valence-electron chi connectivity index (χ0n) is 13.6. The van der Waals surface area contributed by atoms with E-state index in [1.807, 2.05) is 42.5 Å². The molecule has 0 bridgehead atoms. The first-order valence-corrected chi connectivity index (χ1v) is 8.15. The van der Waals surface area contributed by atoms with Crippen LogP contribution in [0.3, 0.4) is 0 Å². The van der Waals surface area contributed by atoms with E-state index >= 15 is 0 Å². The monoisotopic (exact) mass is 322 g/mol. The van der Waals surface area contributed by atoms with E-state index < -0.39 is 0 Å². The zero-order valence-corrected chi connectivity index (χ0v) is 14.3. The minimum absolute atomic E-state index is 0.0140. The number of allylic oxidation sites excluding steroid dienone is 4. The Balaban J connectivity index is 2.14. The highest BCUT2D eigenvalue weighted by molar-refractivity contribution is 6.31. The largest absolute Gasteiger partial charge is 0.289 e. The summed E-state index contributed by atoms with van der Waals surface area (Å²) in [6.07, 6.45) is 2.20. The number of rotatable bonds is 3. The Morgan fingerprint density at radius 3 is 2.35 bits per heavy atom. The molecule has 0 spiro atoms. The fourth-order valence-electron chi connectivity index (χ4n) is 3.24. The Bertz CT molecular complexity index is 828. The van der Waals surface area contributed by atoms with Gasteiger partial charge in [0.15, 0.2) is 5.78 Å². The molecule has 1 unspecified atom stereocenters. The SMILES string of the molecule is CC1=CC(C)=C(c2ccc(Cl)cc2C(=O)c2ccccc2)C1C. The third kappa shape index (κ3) is 2.89. The molecule has 0 amide bonds. The molecule has 0 saturated carbocycles. The van der Waals surface area contributed by atoms with Crippen LogP contribution in [-0.2, 0) is 0 Å². The van der Waals surface area contributed by atoms with E-state index in [1.54, 1.807) is 6.07 Å². The predicted octanol–water partition coefficient (Wildman–Crippen LogP) is 5.94. The van der Waals surface area contributed by atoms with E-state index in [4.69, 9.17) is 11.6 Å². The molecule has 0 N–H and O–H groups in total. The van der Waals surface area contributed by atoms with Gasteiger partial charge in [-0.1, -0.05) is 66.6 Å². The summed E-state index contributed by atoms with van der Waals surface area (Å²) < 4.78 is 0. The fraction of sp³-hybridized carbons (Fsp3) is 0.190. The Labute approximate surface area is 142 Å². The first-order valence-electron chi connectivity index (χ1n) is 7.77. The third-order valence-electron chi connectivity index (χ3n) is 4.54. The second kappa shape index (κ2) is 6.17. The van der Waals surface area contributed by atoms with Crippen molar-refractivity contribution in [1.29, 1.82) is 0 Å². The van der Waals surface area contributed by atoms with Crippen LogP contribution in [0.1, 0.15) is 42.3 Å². The van der Waals surface area contributed by atoms with Crippen molar-refractivity contribution in [2.75, 3.05) is 0 Å². The normalized spacial score (nSPS) is 17.4. The molecule has 0 aliphatic heterocycles. The van der Waals surface area contributed by atoms with Crippen molar-refractivity contribution < 1.29 is 4.79 Å². The summed E-state index contributed by atoms with van der Waals surface area (Å²) >= 11 is 6.18. The molecule has 0 saturated heterocycles. The zero-order chi connectivity index (χ0) is 16.6. The second-order valence-corrected chi connectivity index (χ2v) is 6.53. The molecule has 1 nitrogen and oxygen atoms in total. The average Bonchev–Trinajstić information content (AvgIpc) is 2.80. The van der Waals surface area contributed by atoms with Gasteiger partial charge in [-0.3, -0.25) is 4.79 Å². The maximum Gasteiger partial charge on any atom is 0.193 e. The number of ketones is 1. The second-order valence-electron chi connectivity index (χ2n) is 6.09. The van der Waals surface area contributed by atoms with Crippen molar-refractivity contribution in [1.82, 2.24) is 0 Å². The fourth-order valence-corrected chi connectivity index (χ4v) is 3.42. The van der Waals surface area contributed by atoms with Crippen LogP contribution in [0.4, 0.5) is 0 Å². The summed E-state index contributed by atoms with van der Waals surface area (Å²) in [6.45, 7) is 6.42. The lowest BCUT2D eigenvalue weighted by molar-refractivity contribution is 0.103. The molecule has 1 aliphatic carbocycles. The number of halogens is 1. The third-order valence-corrected chi connectivity index (χ3v) is 4.77. The lowest BCUT2D eigenvalue weighted by atomic mass is 9.86. The summed E-state index contributed by atoms with van der Waals surface area (Å²) in [6, 6.07) is 15.0. The molecule has 0 heterocycles. The average molecular weight is 323 g/mol. The van der Waals surface area contributed by atoms with Crippen LogP contribution in [-0.4, -0.2) is 5.78 Å². The lowest BCUT2D eigenvalue weighted by Gasteiger charge is -2.17. The van der Waals surface area contributed by atoms with Crippen molar-refractivity contribution in [2.24, 2.45) is 5.92 Å². The van der Waals surface area contributed by atoms with E-state index in [-0.39, 0.29) is 5.78 Å². The van der Waals surface area contributed by atoms with Gasteiger partial charge in [-0.15, -0.1) is 0 Å². The van der Waals surface area contributed by atoms with Crippen LogP contribution in [0.2, 0.25) is 5.02 Å². The van der Waals surface area contributed by atoms with Gasteiger partial charge >= 0.3 is 0 Å². The molecule has 2 aromatic rings. The van der Waals surface area contributed by atoms with Crippen LogP contribution in [0, 0.1) is 5.92 Å².